The average Bonchev–Trinajstić information content (AvgIpc) is 2.73. The van der Waals surface area contributed by atoms with Gasteiger partial charge in [-0.3, -0.25) is 14.5 Å². The van der Waals surface area contributed by atoms with E-state index in [2.05, 4.69) is 10.1 Å². The molecule has 0 aliphatic rings. The lowest BCUT2D eigenvalue weighted by Crippen LogP contribution is -2.28. The highest BCUT2D eigenvalue weighted by molar-refractivity contribution is 5.97. The lowest BCUT2D eigenvalue weighted by molar-refractivity contribution is 0.0775. The smallest absolute Gasteiger partial charge is 0.274 e. The molecule has 2 rings (SSSR count). The zero-order chi connectivity index (χ0) is 14.7. The van der Waals surface area contributed by atoms with E-state index in [4.69, 9.17) is 5.73 Å². The van der Waals surface area contributed by atoms with E-state index in [-0.39, 0.29) is 5.91 Å². The van der Waals surface area contributed by atoms with Crippen molar-refractivity contribution in [3.63, 3.8) is 0 Å². The molecule has 2 aromatic heterocycles. The number of anilines is 1. The molecule has 0 fully saturated rings. The Kier molecular flexibility index (Phi) is 4.02. The summed E-state index contributed by atoms with van der Waals surface area (Å²) in [5.74, 6) is -0.131. The highest BCUT2D eigenvalue weighted by atomic mass is 16.2. The van der Waals surface area contributed by atoms with Crippen molar-refractivity contribution in [2.24, 2.45) is 7.05 Å². The van der Waals surface area contributed by atoms with E-state index in [1.807, 2.05) is 19.1 Å². The topological polar surface area (TPSA) is 77.0 Å². The Labute approximate surface area is 118 Å². The van der Waals surface area contributed by atoms with Crippen molar-refractivity contribution in [3.8, 4) is 0 Å². The summed E-state index contributed by atoms with van der Waals surface area (Å²) in [5.41, 5.74) is 8.70. The summed E-state index contributed by atoms with van der Waals surface area (Å²) < 4.78 is 1.56. The van der Waals surface area contributed by atoms with E-state index in [1.165, 1.54) is 0 Å². The third kappa shape index (κ3) is 2.64. The SMILES string of the molecule is CCc1nn(C)c(C(=O)N(C)Cc2ccncc2)c1N. The standard InChI is InChI=1S/C14H19N5O/c1-4-11-12(15)13(19(3)17-11)14(20)18(2)9-10-5-7-16-8-6-10/h5-8H,4,9,15H2,1-3H3. The Hall–Kier alpha value is -2.37. The molecular weight excluding hydrogens is 254 g/mol. The van der Waals surface area contributed by atoms with Crippen LogP contribution >= 0.6 is 0 Å². The molecule has 0 aliphatic carbocycles. The summed E-state index contributed by atoms with van der Waals surface area (Å²) in [5, 5.41) is 4.27. The van der Waals surface area contributed by atoms with Gasteiger partial charge in [-0.05, 0) is 24.1 Å². The van der Waals surface area contributed by atoms with Crippen LogP contribution < -0.4 is 5.73 Å². The first-order valence-electron chi connectivity index (χ1n) is 6.50. The molecule has 0 bridgehead atoms. The maximum absolute atomic E-state index is 12.5. The maximum Gasteiger partial charge on any atom is 0.274 e. The van der Waals surface area contributed by atoms with E-state index >= 15 is 0 Å². The van der Waals surface area contributed by atoms with Crippen molar-refractivity contribution in [3.05, 3.63) is 41.5 Å². The summed E-state index contributed by atoms with van der Waals surface area (Å²) in [4.78, 5) is 18.1. The molecule has 2 N–H and O–H groups in total. The van der Waals surface area contributed by atoms with Crippen LogP contribution in [0.5, 0.6) is 0 Å². The minimum atomic E-state index is -0.131. The fourth-order valence-electron chi connectivity index (χ4n) is 2.13. The second-order valence-corrected chi connectivity index (χ2v) is 4.70. The van der Waals surface area contributed by atoms with E-state index < -0.39 is 0 Å². The number of rotatable bonds is 4. The number of carbonyl (C=O) groups is 1. The number of hydrogen-bond acceptors (Lipinski definition) is 4. The van der Waals surface area contributed by atoms with Crippen LogP contribution in [0.1, 0.15) is 28.7 Å². The summed E-state index contributed by atoms with van der Waals surface area (Å²) in [6.07, 6.45) is 4.13. The van der Waals surface area contributed by atoms with E-state index in [1.54, 1.807) is 36.1 Å². The Balaban J connectivity index is 2.21. The molecule has 106 valence electrons. The molecule has 0 radical (unpaired) electrons. The van der Waals surface area contributed by atoms with Gasteiger partial charge in [0.2, 0.25) is 0 Å². The third-order valence-electron chi connectivity index (χ3n) is 3.21. The van der Waals surface area contributed by atoms with Crippen LogP contribution in [0.3, 0.4) is 0 Å². The Morgan fingerprint density at radius 3 is 2.60 bits per heavy atom. The molecule has 2 aromatic rings. The lowest BCUT2D eigenvalue weighted by atomic mass is 10.2. The normalized spacial score (nSPS) is 10.6. The van der Waals surface area contributed by atoms with Crippen LogP contribution in [0.2, 0.25) is 0 Å². The molecule has 20 heavy (non-hydrogen) atoms. The van der Waals surface area contributed by atoms with Crippen molar-refractivity contribution >= 4 is 11.6 Å². The van der Waals surface area contributed by atoms with Crippen LogP contribution in [0.25, 0.3) is 0 Å². The Bertz CT molecular complexity index is 606. The predicted octanol–water partition coefficient (Wildman–Crippen LogP) is 1.23. The number of nitrogens with zero attached hydrogens (tertiary/aromatic N) is 4. The first-order valence-corrected chi connectivity index (χ1v) is 6.50. The number of pyridine rings is 1. The summed E-state index contributed by atoms with van der Waals surface area (Å²) in [6.45, 7) is 2.47. The van der Waals surface area contributed by atoms with Gasteiger partial charge in [0.05, 0.1) is 11.4 Å². The minimum Gasteiger partial charge on any atom is -0.395 e. The summed E-state index contributed by atoms with van der Waals surface area (Å²) >= 11 is 0. The zero-order valence-electron chi connectivity index (χ0n) is 12.0. The molecule has 1 amide bonds. The molecule has 6 nitrogen and oxygen atoms in total. The molecule has 0 aliphatic heterocycles. The molecule has 0 spiro atoms. The monoisotopic (exact) mass is 273 g/mol. The predicted molar refractivity (Wildman–Crippen MR) is 77.0 cm³/mol. The number of aryl methyl sites for hydroxylation is 2. The van der Waals surface area contributed by atoms with Gasteiger partial charge in [0.1, 0.15) is 5.69 Å². The summed E-state index contributed by atoms with van der Waals surface area (Å²) in [6, 6.07) is 3.77. The molecular formula is C14H19N5O. The minimum absolute atomic E-state index is 0.131. The number of hydrogen-bond donors (Lipinski definition) is 1. The van der Waals surface area contributed by atoms with Crippen LogP contribution in [-0.2, 0) is 20.0 Å². The van der Waals surface area contributed by atoms with Crippen LogP contribution in [0.15, 0.2) is 24.5 Å². The number of carbonyl (C=O) groups excluding carboxylic acids is 1. The molecule has 0 aromatic carbocycles. The van der Waals surface area contributed by atoms with E-state index in [0.29, 0.717) is 24.3 Å². The maximum atomic E-state index is 12.5. The van der Waals surface area contributed by atoms with Gasteiger partial charge >= 0.3 is 0 Å². The number of nitrogens with two attached hydrogens (primary N) is 1. The van der Waals surface area contributed by atoms with E-state index in [0.717, 1.165) is 11.3 Å². The van der Waals surface area contributed by atoms with Crippen LogP contribution in [0.4, 0.5) is 5.69 Å². The van der Waals surface area contributed by atoms with Gasteiger partial charge < -0.3 is 10.6 Å². The number of aromatic nitrogens is 3. The van der Waals surface area contributed by atoms with Gasteiger partial charge in [-0.15, -0.1) is 0 Å². The van der Waals surface area contributed by atoms with Crippen molar-refractivity contribution in [2.75, 3.05) is 12.8 Å². The first-order chi connectivity index (χ1) is 9.54. The Morgan fingerprint density at radius 2 is 2.05 bits per heavy atom. The van der Waals surface area contributed by atoms with Gasteiger partial charge in [-0.1, -0.05) is 6.92 Å². The zero-order valence-corrected chi connectivity index (χ0v) is 12.0. The largest absolute Gasteiger partial charge is 0.395 e. The first kappa shape index (κ1) is 14.0. The number of nitrogen functional groups attached to an aromatic ring is 1. The average molecular weight is 273 g/mol. The van der Waals surface area contributed by atoms with Crippen molar-refractivity contribution in [2.45, 2.75) is 19.9 Å². The highest BCUT2D eigenvalue weighted by Gasteiger charge is 2.22. The van der Waals surface area contributed by atoms with Crippen LogP contribution in [0, 0.1) is 0 Å². The summed E-state index contributed by atoms with van der Waals surface area (Å²) in [7, 11) is 3.49. The fraction of sp³-hybridized carbons (Fsp3) is 0.357. The van der Waals surface area contributed by atoms with Gasteiger partial charge in [0.15, 0.2) is 0 Å². The van der Waals surface area contributed by atoms with Crippen LogP contribution in [-0.4, -0.2) is 32.6 Å². The molecule has 0 unspecified atom stereocenters. The lowest BCUT2D eigenvalue weighted by Gasteiger charge is -2.17. The third-order valence-corrected chi connectivity index (χ3v) is 3.21. The number of amides is 1. The molecule has 0 atom stereocenters. The molecule has 0 saturated heterocycles. The quantitative estimate of drug-likeness (QED) is 0.909. The van der Waals surface area contributed by atoms with Crippen molar-refractivity contribution in [1.82, 2.24) is 19.7 Å². The van der Waals surface area contributed by atoms with Gasteiger partial charge in [-0.2, -0.15) is 5.10 Å². The van der Waals surface area contributed by atoms with Gasteiger partial charge in [0.25, 0.3) is 5.91 Å². The van der Waals surface area contributed by atoms with E-state index in [9.17, 15) is 4.79 Å². The van der Waals surface area contributed by atoms with Gasteiger partial charge in [-0.25, -0.2) is 0 Å². The second-order valence-electron chi connectivity index (χ2n) is 4.70. The van der Waals surface area contributed by atoms with Crippen molar-refractivity contribution in [1.29, 1.82) is 0 Å². The fourth-order valence-corrected chi connectivity index (χ4v) is 2.13. The molecule has 2 heterocycles. The molecule has 6 heteroatoms. The highest BCUT2D eigenvalue weighted by Crippen LogP contribution is 2.19. The molecule has 0 saturated carbocycles. The van der Waals surface area contributed by atoms with Gasteiger partial charge in [0, 0.05) is 33.0 Å². The van der Waals surface area contributed by atoms with Crippen molar-refractivity contribution < 1.29 is 4.79 Å². The Morgan fingerprint density at radius 1 is 1.40 bits per heavy atom. The second kappa shape index (κ2) is 5.73.